The predicted molar refractivity (Wildman–Crippen MR) is 92.4 cm³/mol. The molecule has 2 rings (SSSR count). The summed E-state index contributed by atoms with van der Waals surface area (Å²) in [5.41, 5.74) is 0.318. The summed E-state index contributed by atoms with van der Waals surface area (Å²) in [5.74, 6) is -0.853. The van der Waals surface area contributed by atoms with Crippen molar-refractivity contribution in [1.29, 1.82) is 0 Å². The Morgan fingerprint density at radius 1 is 1.04 bits per heavy atom. The number of hydrogen-bond donors (Lipinski definition) is 0. The predicted octanol–water partition coefficient (Wildman–Crippen LogP) is 2.98. The highest BCUT2D eigenvalue weighted by atomic mass is 19.1. The zero-order valence-electron chi connectivity index (χ0n) is 14.8. The molecule has 0 atom stereocenters. The van der Waals surface area contributed by atoms with Gasteiger partial charge in [-0.25, -0.2) is 4.39 Å². The Labute approximate surface area is 143 Å². The highest BCUT2D eigenvalue weighted by Crippen LogP contribution is 2.17. The number of rotatable bonds is 5. The van der Waals surface area contributed by atoms with E-state index in [-0.39, 0.29) is 35.5 Å². The molecule has 0 aromatic heterocycles. The quantitative estimate of drug-likeness (QED) is 0.777. The van der Waals surface area contributed by atoms with Crippen LogP contribution in [0, 0.1) is 11.2 Å². The van der Waals surface area contributed by atoms with E-state index < -0.39 is 5.82 Å². The van der Waals surface area contributed by atoms with Gasteiger partial charge in [-0.15, -0.1) is 0 Å². The van der Waals surface area contributed by atoms with Gasteiger partial charge in [0.2, 0.25) is 5.91 Å². The summed E-state index contributed by atoms with van der Waals surface area (Å²) in [4.78, 5) is 28.5. The molecule has 0 aliphatic carbocycles. The lowest BCUT2D eigenvalue weighted by Gasteiger charge is -2.37. The number of nitrogens with zero attached hydrogens (tertiary/aromatic N) is 2. The van der Waals surface area contributed by atoms with E-state index in [1.165, 1.54) is 12.1 Å². The van der Waals surface area contributed by atoms with E-state index in [2.05, 4.69) is 25.7 Å². The Balaban J connectivity index is 1.78. The van der Waals surface area contributed by atoms with Crippen LogP contribution in [0.1, 0.15) is 44.0 Å². The maximum Gasteiger partial charge on any atom is 0.223 e. The topological polar surface area (TPSA) is 40.6 Å². The van der Waals surface area contributed by atoms with Crippen LogP contribution in [-0.4, -0.2) is 54.2 Å². The lowest BCUT2D eigenvalue weighted by atomic mass is 9.96. The Hall–Kier alpha value is -1.75. The van der Waals surface area contributed by atoms with Crippen molar-refractivity contribution < 1.29 is 14.0 Å². The number of carbonyl (C=O) groups is 2. The van der Waals surface area contributed by atoms with E-state index in [4.69, 9.17) is 0 Å². The number of Topliss-reactive ketones (excluding diaryl/α,β-unsaturated/α-hetero) is 1. The molecular weight excluding hydrogens is 307 g/mol. The molecule has 1 aromatic carbocycles. The third kappa shape index (κ3) is 5.41. The van der Waals surface area contributed by atoms with Crippen LogP contribution in [0.5, 0.6) is 0 Å². The molecule has 1 aliphatic heterocycles. The summed E-state index contributed by atoms with van der Waals surface area (Å²) in [7, 11) is 0. The fourth-order valence-electron chi connectivity index (χ4n) is 3.03. The van der Waals surface area contributed by atoms with E-state index in [0.717, 1.165) is 19.6 Å². The van der Waals surface area contributed by atoms with Crippen molar-refractivity contribution in [3.05, 3.63) is 35.6 Å². The molecule has 1 aliphatic rings. The summed E-state index contributed by atoms with van der Waals surface area (Å²) in [6.45, 7) is 10.8. The maximum absolute atomic E-state index is 13.6. The molecule has 132 valence electrons. The fraction of sp³-hybridized carbons (Fsp3) is 0.579. The van der Waals surface area contributed by atoms with E-state index >= 15 is 0 Å². The van der Waals surface area contributed by atoms with Gasteiger partial charge in [-0.2, -0.15) is 0 Å². The van der Waals surface area contributed by atoms with E-state index in [0.29, 0.717) is 13.1 Å². The molecule has 4 nitrogen and oxygen atoms in total. The highest BCUT2D eigenvalue weighted by molar-refractivity contribution is 5.98. The van der Waals surface area contributed by atoms with Gasteiger partial charge in [0.05, 0.1) is 5.56 Å². The molecule has 0 radical (unpaired) electrons. The van der Waals surface area contributed by atoms with Gasteiger partial charge in [0.25, 0.3) is 0 Å². The summed E-state index contributed by atoms with van der Waals surface area (Å²) >= 11 is 0. The van der Waals surface area contributed by atoms with Crippen LogP contribution >= 0.6 is 0 Å². The number of hydrogen-bond acceptors (Lipinski definition) is 3. The summed E-state index contributed by atoms with van der Waals surface area (Å²) in [6, 6.07) is 5.91. The summed E-state index contributed by atoms with van der Waals surface area (Å²) < 4.78 is 13.6. The van der Waals surface area contributed by atoms with Crippen molar-refractivity contribution in [2.45, 2.75) is 33.6 Å². The van der Waals surface area contributed by atoms with Crippen LogP contribution in [0.2, 0.25) is 0 Å². The summed E-state index contributed by atoms with van der Waals surface area (Å²) in [6.07, 6.45) is 0.203. The van der Waals surface area contributed by atoms with Gasteiger partial charge in [-0.05, 0) is 17.5 Å². The van der Waals surface area contributed by atoms with Crippen LogP contribution in [0.4, 0.5) is 4.39 Å². The van der Waals surface area contributed by atoms with Crippen molar-refractivity contribution in [1.82, 2.24) is 9.80 Å². The smallest absolute Gasteiger partial charge is 0.223 e. The second-order valence-electron chi connectivity index (χ2n) is 7.62. The average Bonchev–Trinajstić information content (AvgIpc) is 2.52. The minimum Gasteiger partial charge on any atom is -0.340 e. The van der Waals surface area contributed by atoms with Gasteiger partial charge in [-0.3, -0.25) is 14.5 Å². The first-order valence-electron chi connectivity index (χ1n) is 8.54. The molecule has 5 heteroatoms. The molecule has 24 heavy (non-hydrogen) atoms. The zero-order chi connectivity index (χ0) is 17.7. The van der Waals surface area contributed by atoms with Gasteiger partial charge in [0, 0.05) is 45.6 Å². The monoisotopic (exact) mass is 334 g/mol. The molecule has 0 unspecified atom stereocenters. The lowest BCUT2D eigenvalue weighted by Crippen LogP contribution is -2.50. The average molecular weight is 334 g/mol. The Morgan fingerprint density at radius 2 is 1.67 bits per heavy atom. The third-order valence-corrected chi connectivity index (χ3v) is 4.16. The first-order valence-corrected chi connectivity index (χ1v) is 8.54. The summed E-state index contributed by atoms with van der Waals surface area (Å²) in [5, 5.41) is 0. The molecular formula is C19H27FN2O2. The van der Waals surface area contributed by atoms with Gasteiger partial charge in [-0.1, -0.05) is 32.9 Å². The SMILES string of the molecule is CC(C)(C)CN1CCN(C(=O)CCC(=O)c2ccccc2F)CC1. The number of piperazine rings is 1. The van der Waals surface area contributed by atoms with Crippen molar-refractivity contribution >= 4 is 11.7 Å². The standard InChI is InChI=1S/C19H27FN2O2/c1-19(2,3)14-21-10-12-22(13-11-21)18(24)9-8-17(23)15-6-4-5-7-16(15)20/h4-7H,8-14H2,1-3H3. The Morgan fingerprint density at radius 3 is 2.25 bits per heavy atom. The minimum absolute atomic E-state index is 0.0184. The van der Waals surface area contributed by atoms with Crippen LogP contribution in [0.3, 0.4) is 0 Å². The molecule has 1 amide bonds. The van der Waals surface area contributed by atoms with Crippen LogP contribution in [-0.2, 0) is 4.79 Å². The van der Waals surface area contributed by atoms with Gasteiger partial charge < -0.3 is 4.90 Å². The van der Waals surface area contributed by atoms with E-state index in [9.17, 15) is 14.0 Å². The highest BCUT2D eigenvalue weighted by Gasteiger charge is 2.24. The second kappa shape index (κ2) is 7.88. The molecule has 1 fully saturated rings. The number of carbonyl (C=O) groups excluding carboxylic acids is 2. The normalized spacial score (nSPS) is 16.2. The van der Waals surface area contributed by atoms with Gasteiger partial charge in [0.15, 0.2) is 5.78 Å². The van der Waals surface area contributed by atoms with Crippen LogP contribution < -0.4 is 0 Å². The van der Waals surface area contributed by atoms with Gasteiger partial charge >= 0.3 is 0 Å². The van der Waals surface area contributed by atoms with Gasteiger partial charge in [0.1, 0.15) is 5.82 Å². The molecule has 0 N–H and O–H groups in total. The van der Waals surface area contributed by atoms with E-state index in [1.54, 1.807) is 12.1 Å². The third-order valence-electron chi connectivity index (χ3n) is 4.16. The molecule has 0 spiro atoms. The molecule has 0 saturated carbocycles. The molecule has 0 bridgehead atoms. The Bertz CT molecular complexity index is 587. The maximum atomic E-state index is 13.6. The van der Waals surface area contributed by atoms with Crippen LogP contribution in [0.15, 0.2) is 24.3 Å². The van der Waals surface area contributed by atoms with Crippen molar-refractivity contribution in [3.63, 3.8) is 0 Å². The Kier molecular flexibility index (Phi) is 6.10. The first-order chi connectivity index (χ1) is 11.3. The van der Waals surface area contributed by atoms with Crippen molar-refractivity contribution in [2.75, 3.05) is 32.7 Å². The van der Waals surface area contributed by atoms with Crippen molar-refractivity contribution in [2.24, 2.45) is 5.41 Å². The fourth-order valence-corrected chi connectivity index (χ4v) is 3.03. The minimum atomic E-state index is -0.522. The molecule has 1 heterocycles. The number of amides is 1. The van der Waals surface area contributed by atoms with E-state index in [1.807, 2.05) is 4.90 Å². The lowest BCUT2D eigenvalue weighted by molar-refractivity contribution is -0.133. The van der Waals surface area contributed by atoms with Crippen molar-refractivity contribution in [3.8, 4) is 0 Å². The largest absolute Gasteiger partial charge is 0.340 e. The number of ketones is 1. The second-order valence-corrected chi connectivity index (χ2v) is 7.62. The van der Waals surface area contributed by atoms with Crippen LogP contribution in [0.25, 0.3) is 0 Å². The number of benzene rings is 1. The number of halogens is 1. The molecule has 1 aromatic rings. The first kappa shape index (κ1) is 18.6. The molecule has 1 saturated heterocycles. The zero-order valence-corrected chi connectivity index (χ0v) is 14.8.